The van der Waals surface area contributed by atoms with Gasteiger partial charge in [-0.3, -0.25) is 4.79 Å². The lowest BCUT2D eigenvalue weighted by molar-refractivity contribution is -0.143. The zero-order valence-corrected chi connectivity index (χ0v) is 9.81. The van der Waals surface area contributed by atoms with E-state index in [1.807, 2.05) is 19.9 Å². The van der Waals surface area contributed by atoms with E-state index in [9.17, 15) is 9.90 Å². The van der Waals surface area contributed by atoms with Crippen LogP contribution in [0.3, 0.4) is 0 Å². The molecule has 3 nitrogen and oxygen atoms in total. The second-order valence-electron chi connectivity index (χ2n) is 4.19. The molecule has 0 aliphatic carbocycles. The van der Waals surface area contributed by atoms with Gasteiger partial charge in [0, 0.05) is 0 Å². The highest BCUT2D eigenvalue weighted by Gasteiger charge is 2.40. The van der Waals surface area contributed by atoms with Crippen LogP contribution in [0.2, 0.25) is 0 Å². The predicted octanol–water partition coefficient (Wildman–Crippen LogP) is 1.80. The molecule has 16 heavy (non-hydrogen) atoms. The highest BCUT2D eigenvalue weighted by molar-refractivity contribution is 5.85. The summed E-state index contributed by atoms with van der Waals surface area (Å²) in [6, 6.07) is 8.90. The van der Waals surface area contributed by atoms with E-state index < -0.39 is 11.5 Å². The number of benzene rings is 1. The van der Waals surface area contributed by atoms with Crippen molar-refractivity contribution >= 4 is 5.91 Å². The first-order valence-electron chi connectivity index (χ1n) is 5.61. The van der Waals surface area contributed by atoms with E-state index in [0.717, 1.165) is 12.8 Å². The van der Waals surface area contributed by atoms with Gasteiger partial charge in [0.1, 0.15) is 0 Å². The van der Waals surface area contributed by atoms with Gasteiger partial charge >= 0.3 is 0 Å². The van der Waals surface area contributed by atoms with E-state index in [4.69, 9.17) is 5.73 Å². The molecule has 1 aromatic carbocycles. The van der Waals surface area contributed by atoms with Crippen LogP contribution < -0.4 is 5.73 Å². The molecule has 2 unspecified atom stereocenters. The lowest BCUT2D eigenvalue weighted by Gasteiger charge is -2.31. The maximum Gasteiger partial charge on any atom is 0.254 e. The van der Waals surface area contributed by atoms with Gasteiger partial charge in [0.25, 0.3) is 5.91 Å². The van der Waals surface area contributed by atoms with Crippen molar-refractivity contribution < 1.29 is 9.90 Å². The summed E-state index contributed by atoms with van der Waals surface area (Å²) in [5.74, 6) is -0.864. The largest absolute Gasteiger partial charge is 0.375 e. The molecule has 3 N–H and O–H groups in total. The average Bonchev–Trinajstić information content (AvgIpc) is 2.29. The Morgan fingerprint density at radius 1 is 1.44 bits per heavy atom. The van der Waals surface area contributed by atoms with E-state index in [0.29, 0.717) is 5.56 Å². The number of carbonyl (C=O) groups excluding carboxylic acids is 1. The molecule has 0 saturated heterocycles. The van der Waals surface area contributed by atoms with Crippen LogP contribution in [0.25, 0.3) is 0 Å². The summed E-state index contributed by atoms with van der Waals surface area (Å²) in [5, 5.41) is 10.5. The molecule has 0 heterocycles. The summed E-state index contributed by atoms with van der Waals surface area (Å²) < 4.78 is 0. The zero-order chi connectivity index (χ0) is 12.2. The second kappa shape index (κ2) is 5.12. The number of aliphatic hydroxyl groups is 1. The molecule has 0 fully saturated rings. The van der Waals surface area contributed by atoms with E-state index in [-0.39, 0.29) is 5.92 Å². The molecule has 88 valence electrons. The molecule has 3 heteroatoms. The summed E-state index contributed by atoms with van der Waals surface area (Å²) in [7, 11) is 0. The summed E-state index contributed by atoms with van der Waals surface area (Å²) in [4.78, 5) is 11.5. The minimum atomic E-state index is -1.56. The number of hydrogen-bond donors (Lipinski definition) is 2. The molecule has 0 aromatic heterocycles. The van der Waals surface area contributed by atoms with Gasteiger partial charge in [-0.2, -0.15) is 0 Å². The van der Waals surface area contributed by atoms with Gasteiger partial charge in [-0.05, 0) is 17.9 Å². The summed E-state index contributed by atoms with van der Waals surface area (Å²) in [6.45, 7) is 3.87. The number of carbonyl (C=O) groups is 1. The maximum absolute atomic E-state index is 11.5. The van der Waals surface area contributed by atoms with Crippen molar-refractivity contribution in [3.63, 3.8) is 0 Å². The lowest BCUT2D eigenvalue weighted by atomic mass is 9.79. The Hall–Kier alpha value is -1.35. The van der Waals surface area contributed by atoms with Crippen LogP contribution in [0.4, 0.5) is 0 Å². The van der Waals surface area contributed by atoms with Crippen LogP contribution in [0.15, 0.2) is 30.3 Å². The maximum atomic E-state index is 11.5. The van der Waals surface area contributed by atoms with Gasteiger partial charge in [-0.25, -0.2) is 0 Å². The monoisotopic (exact) mass is 221 g/mol. The molecule has 0 aliphatic rings. The Labute approximate surface area is 96.3 Å². The second-order valence-corrected chi connectivity index (χ2v) is 4.19. The Morgan fingerprint density at radius 2 is 2.00 bits per heavy atom. The van der Waals surface area contributed by atoms with Crippen LogP contribution in [-0.2, 0) is 10.4 Å². The fraction of sp³-hybridized carbons (Fsp3) is 0.462. The van der Waals surface area contributed by atoms with Crippen molar-refractivity contribution in [1.82, 2.24) is 0 Å². The minimum Gasteiger partial charge on any atom is -0.375 e. The third-order valence-corrected chi connectivity index (χ3v) is 3.02. The van der Waals surface area contributed by atoms with Crippen LogP contribution in [-0.4, -0.2) is 11.0 Å². The molecule has 0 saturated carbocycles. The number of hydrogen-bond acceptors (Lipinski definition) is 2. The molecule has 1 aromatic rings. The number of primary amides is 1. The summed E-state index contributed by atoms with van der Waals surface area (Å²) in [6.07, 6.45) is 1.66. The number of amides is 1. The predicted molar refractivity (Wildman–Crippen MR) is 63.6 cm³/mol. The van der Waals surface area contributed by atoms with Gasteiger partial charge in [0.05, 0.1) is 0 Å². The molecular formula is C13H19NO2. The average molecular weight is 221 g/mol. The lowest BCUT2D eigenvalue weighted by Crippen LogP contribution is -2.46. The first-order valence-corrected chi connectivity index (χ1v) is 5.61. The first kappa shape index (κ1) is 12.7. The van der Waals surface area contributed by atoms with Gasteiger partial charge in [-0.1, -0.05) is 50.6 Å². The fourth-order valence-electron chi connectivity index (χ4n) is 2.00. The van der Waals surface area contributed by atoms with E-state index in [1.165, 1.54) is 0 Å². The van der Waals surface area contributed by atoms with E-state index in [1.54, 1.807) is 24.3 Å². The highest BCUT2D eigenvalue weighted by atomic mass is 16.3. The van der Waals surface area contributed by atoms with Crippen LogP contribution in [0, 0.1) is 5.92 Å². The standard InChI is InChI=1S/C13H19NO2/c1-3-7-10(2)13(16,12(14)15)11-8-5-4-6-9-11/h4-6,8-10,16H,3,7H2,1-2H3,(H2,14,15). The third kappa shape index (κ3) is 2.25. The van der Waals surface area contributed by atoms with Crippen molar-refractivity contribution in [3.05, 3.63) is 35.9 Å². The highest BCUT2D eigenvalue weighted by Crippen LogP contribution is 2.32. The number of rotatable bonds is 5. The van der Waals surface area contributed by atoms with Crippen molar-refractivity contribution in [2.24, 2.45) is 11.7 Å². The van der Waals surface area contributed by atoms with Crippen molar-refractivity contribution in [2.45, 2.75) is 32.3 Å². The Morgan fingerprint density at radius 3 is 2.44 bits per heavy atom. The molecule has 0 spiro atoms. The van der Waals surface area contributed by atoms with E-state index in [2.05, 4.69) is 0 Å². The quantitative estimate of drug-likeness (QED) is 0.796. The zero-order valence-electron chi connectivity index (χ0n) is 9.81. The smallest absolute Gasteiger partial charge is 0.254 e. The SMILES string of the molecule is CCCC(C)C(O)(C(N)=O)c1ccccc1. The van der Waals surface area contributed by atoms with Gasteiger partial charge in [0.15, 0.2) is 5.60 Å². The topological polar surface area (TPSA) is 63.3 Å². The van der Waals surface area contributed by atoms with Gasteiger partial charge < -0.3 is 10.8 Å². The molecule has 1 amide bonds. The molecular weight excluding hydrogens is 202 g/mol. The van der Waals surface area contributed by atoms with E-state index >= 15 is 0 Å². The molecule has 0 bridgehead atoms. The minimum absolute atomic E-state index is 0.183. The van der Waals surface area contributed by atoms with Gasteiger partial charge in [0.2, 0.25) is 0 Å². The first-order chi connectivity index (χ1) is 7.53. The Kier molecular flexibility index (Phi) is 4.07. The van der Waals surface area contributed by atoms with Crippen LogP contribution in [0.5, 0.6) is 0 Å². The van der Waals surface area contributed by atoms with Crippen LogP contribution in [0.1, 0.15) is 32.3 Å². The Balaban J connectivity index is 3.12. The summed E-state index contributed by atoms with van der Waals surface area (Å²) in [5.41, 5.74) is 4.36. The molecule has 2 atom stereocenters. The molecule has 0 radical (unpaired) electrons. The fourth-order valence-corrected chi connectivity index (χ4v) is 2.00. The number of nitrogens with two attached hydrogens (primary N) is 1. The molecule has 1 rings (SSSR count). The van der Waals surface area contributed by atoms with Crippen LogP contribution >= 0.6 is 0 Å². The molecule has 0 aliphatic heterocycles. The summed E-state index contributed by atoms with van der Waals surface area (Å²) >= 11 is 0. The van der Waals surface area contributed by atoms with Crippen molar-refractivity contribution in [3.8, 4) is 0 Å². The third-order valence-electron chi connectivity index (χ3n) is 3.02. The van der Waals surface area contributed by atoms with Gasteiger partial charge in [-0.15, -0.1) is 0 Å². The van der Waals surface area contributed by atoms with Crippen molar-refractivity contribution in [1.29, 1.82) is 0 Å². The Bertz CT molecular complexity index is 350. The van der Waals surface area contributed by atoms with Crippen molar-refractivity contribution in [2.75, 3.05) is 0 Å². The normalized spacial score (nSPS) is 16.4.